The van der Waals surface area contributed by atoms with Crippen LogP contribution in [0.2, 0.25) is 5.02 Å². The fourth-order valence-electron chi connectivity index (χ4n) is 2.15. The van der Waals surface area contributed by atoms with Crippen LogP contribution in [0.4, 0.5) is 5.69 Å². The van der Waals surface area contributed by atoms with Crippen molar-refractivity contribution < 1.29 is 14.7 Å². The predicted octanol–water partition coefficient (Wildman–Crippen LogP) is 1.61. The molecule has 1 N–H and O–H groups in total. The van der Waals surface area contributed by atoms with Gasteiger partial charge >= 0.3 is 0 Å². The molecular formula is C14H13ClNO3-. The molecule has 0 fully saturated rings. The van der Waals surface area contributed by atoms with Crippen molar-refractivity contribution in [1.82, 2.24) is 0 Å². The van der Waals surface area contributed by atoms with Crippen LogP contribution in [0.5, 0.6) is 0 Å². The second kappa shape index (κ2) is 5.89. The average Bonchev–Trinajstić information content (AvgIpc) is 2.41. The lowest BCUT2D eigenvalue weighted by atomic mass is 9.82. The zero-order valence-corrected chi connectivity index (χ0v) is 10.9. The number of hydrogen-bond acceptors (Lipinski definition) is 3. The van der Waals surface area contributed by atoms with E-state index < -0.39 is 17.8 Å². The number of halogens is 1. The van der Waals surface area contributed by atoms with E-state index in [-0.39, 0.29) is 5.91 Å². The smallest absolute Gasteiger partial charge is 0.228 e. The van der Waals surface area contributed by atoms with Gasteiger partial charge in [-0.1, -0.05) is 35.9 Å². The Morgan fingerprint density at radius 1 is 1.16 bits per heavy atom. The van der Waals surface area contributed by atoms with Gasteiger partial charge in [-0.2, -0.15) is 0 Å². The summed E-state index contributed by atoms with van der Waals surface area (Å²) in [6.07, 6.45) is 4.30. The number of benzene rings is 1. The molecule has 0 radical (unpaired) electrons. The van der Waals surface area contributed by atoms with Crippen molar-refractivity contribution >= 4 is 29.2 Å². The Morgan fingerprint density at radius 3 is 2.42 bits per heavy atom. The molecule has 0 saturated heterocycles. The second-order valence-corrected chi connectivity index (χ2v) is 4.85. The van der Waals surface area contributed by atoms with Gasteiger partial charge in [0.2, 0.25) is 5.91 Å². The molecule has 1 aliphatic rings. The van der Waals surface area contributed by atoms with Crippen LogP contribution in [0.15, 0.2) is 36.4 Å². The summed E-state index contributed by atoms with van der Waals surface area (Å²) < 4.78 is 0. The summed E-state index contributed by atoms with van der Waals surface area (Å²) in [4.78, 5) is 23.2. The number of anilines is 1. The van der Waals surface area contributed by atoms with Crippen LogP contribution in [0.3, 0.4) is 0 Å². The zero-order valence-electron chi connectivity index (χ0n) is 10.1. The van der Waals surface area contributed by atoms with E-state index in [9.17, 15) is 14.7 Å². The number of carboxylic acids is 1. The van der Waals surface area contributed by atoms with Gasteiger partial charge in [-0.3, -0.25) is 4.79 Å². The van der Waals surface area contributed by atoms with Crippen LogP contribution in [-0.2, 0) is 9.59 Å². The first-order valence-corrected chi connectivity index (χ1v) is 6.38. The van der Waals surface area contributed by atoms with Crippen LogP contribution in [0.25, 0.3) is 0 Å². The lowest BCUT2D eigenvalue weighted by molar-refractivity contribution is -0.313. The third-order valence-electron chi connectivity index (χ3n) is 3.20. The number of amides is 1. The number of para-hydroxylation sites is 1. The van der Waals surface area contributed by atoms with Gasteiger partial charge in [-0.15, -0.1) is 0 Å². The van der Waals surface area contributed by atoms with Gasteiger partial charge in [0.1, 0.15) is 0 Å². The number of hydrogen-bond donors (Lipinski definition) is 1. The van der Waals surface area contributed by atoms with Gasteiger partial charge in [-0.25, -0.2) is 0 Å². The first-order chi connectivity index (χ1) is 9.09. The summed E-state index contributed by atoms with van der Waals surface area (Å²) in [5.74, 6) is -2.94. The standard InChI is InChI=1S/C14H14ClNO3/c15-11-7-3-4-8-12(11)16-13(17)9-5-1-2-6-10(9)14(18)19/h1-4,7-10H,5-6H2,(H,16,17)(H,18,19)/p-1/t9-,10-/m0/s1. The highest BCUT2D eigenvalue weighted by Gasteiger charge is 2.29. The molecule has 0 saturated carbocycles. The highest BCUT2D eigenvalue weighted by atomic mass is 35.5. The Labute approximate surface area is 116 Å². The van der Waals surface area contributed by atoms with Crippen LogP contribution in [0.1, 0.15) is 12.8 Å². The molecule has 19 heavy (non-hydrogen) atoms. The van der Waals surface area contributed by atoms with E-state index in [0.717, 1.165) is 0 Å². The SMILES string of the molecule is O=C([O-])[C@H]1CC=CC[C@@H]1C(=O)Nc1ccccc1Cl. The van der Waals surface area contributed by atoms with E-state index in [0.29, 0.717) is 23.6 Å². The van der Waals surface area contributed by atoms with Gasteiger partial charge < -0.3 is 15.2 Å². The molecule has 0 bridgehead atoms. The molecule has 0 aromatic heterocycles. The van der Waals surface area contributed by atoms with Gasteiger partial charge in [0, 0.05) is 11.9 Å². The number of rotatable bonds is 3. The Morgan fingerprint density at radius 2 is 1.79 bits per heavy atom. The molecule has 2 atom stereocenters. The maximum atomic E-state index is 12.1. The lowest BCUT2D eigenvalue weighted by Crippen LogP contribution is -2.41. The molecule has 0 unspecified atom stereocenters. The van der Waals surface area contributed by atoms with E-state index in [1.54, 1.807) is 30.3 Å². The predicted molar refractivity (Wildman–Crippen MR) is 70.4 cm³/mol. The summed E-state index contributed by atoms with van der Waals surface area (Å²) in [5.41, 5.74) is 0.487. The van der Waals surface area contributed by atoms with E-state index in [4.69, 9.17) is 11.6 Å². The summed E-state index contributed by atoms with van der Waals surface area (Å²) >= 11 is 5.95. The molecule has 1 aliphatic carbocycles. The van der Waals surface area contributed by atoms with Crippen molar-refractivity contribution in [2.24, 2.45) is 11.8 Å². The zero-order chi connectivity index (χ0) is 13.8. The normalized spacial score (nSPS) is 21.9. The monoisotopic (exact) mass is 278 g/mol. The number of carbonyl (C=O) groups is 2. The summed E-state index contributed by atoms with van der Waals surface area (Å²) in [6, 6.07) is 6.84. The highest BCUT2D eigenvalue weighted by Crippen LogP contribution is 2.28. The van der Waals surface area contributed by atoms with Crippen molar-refractivity contribution in [1.29, 1.82) is 0 Å². The summed E-state index contributed by atoms with van der Waals surface area (Å²) in [5, 5.41) is 14.1. The van der Waals surface area contributed by atoms with Crippen molar-refractivity contribution in [3.05, 3.63) is 41.4 Å². The first-order valence-electron chi connectivity index (χ1n) is 6.01. The molecule has 1 aromatic carbocycles. The van der Waals surface area contributed by atoms with Crippen molar-refractivity contribution in [2.75, 3.05) is 5.32 Å². The molecule has 1 aromatic rings. The Balaban J connectivity index is 2.13. The van der Waals surface area contributed by atoms with Crippen molar-refractivity contribution in [2.45, 2.75) is 12.8 Å². The maximum absolute atomic E-state index is 12.1. The number of carboxylic acid groups (broad SMARTS) is 1. The summed E-state index contributed by atoms with van der Waals surface area (Å²) in [7, 11) is 0. The number of allylic oxidation sites excluding steroid dienone is 2. The molecule has 5 heteroatoms. The quantitative estimate of drug-likeness (QED) is 0.854. The van der Waals surface area contributed by atoms with Crippen LogP contribution < -0.4 is 10.4 Å². The third-order valence-corrected chi connectivity index (χ3v) is 3.53. The molecule has 4 nitrogen and oxygen atoms in total. The highest BCUT2D eigenvalue weighted by molar-refractivity contribution is 6.33. The Hall–Kier alpha value is -1.81. The third kappa shape index (κ3) is 3.15. The Bertz CT molecular complexity index is 527. The largest absolute Gasteiger partial charge is 0.550 e. The molecule has 0 heterocycles. The van der Waals surface area contributed by atoms with E-state index in [2.05, 4.69) is 5.32 Å². The summed E-state index contributed by atoms with van der Waals surface area (Å²) in [6.45, 7) is 0. The fourth-order valence-corrected chi connectivity index (χ4v) is 2.34. The maximum Gasteiger partial charge on any atom is 0.228 e. The minimum Gasteiger partial charge on any atom is -0.550 e. The molecule has 0 aliphatic heterocycles. The number of nitrogens with one attached hydrogen (secondary N) is 1. The van der Waals surface area contributed by atoms with Crippen LogP contribution >= 0.6 is 11.6 Å². The first kappa shape index (κ1) is 13.6. The van der Waals surface area contributed by atoms with Gasteiger partial charge in [-0.05, 0) is 25.0 Å². The van der Waals surface area contributed by atoms with Crippen molar-refractivity contribution in [3.8, 4) is 0 Å². The topological polar surface area (TPSA) is 69.2 Å². The second-order valence-electron chi connectivity index (χ2n) is 4.44. The van der Waals surface area contributed by atoms with Gasteiger partial charge in [0.25, 0.3) is 0 Å². The molecule has 1 amide bonds. The molecule has 2 rings (SSSR count). The van der Waals surface area contributed by atoms with E-state index in [1.165, 1.54) is 0 Å². The molecular weight excluding hydrogens is 266 g/mol. The minimum atomic E-state index is -1.19. The lowest BCUT2D eigenvalue weighted by Gasteiger charge is -2.28. The Kier molecular flexibility index (Phi) is 4.22. The van der Waals surface area contributed by atoms with Crippen LogP contribution in [-0.4, -0.2) is 11.9 Å². The van der Waals surface area contributed by atoms with Crippen molar-refractivity contribution in [3.63, 3.8) is 0 Å². The fraction of sp³-hybridized carbons (Fsp3) is 0.286. The molecule has 100 valence electrons. The molecule has 0 spiro atoms. The minimum absolute atomic E-state index is 0.322. The van der Waals surface area contributed by atoms with E-state index >= 15 is 0 Å². The van der Waals surface area contributed by atoms with Gasteiger partial charge in [0.05, 0.1) is 16.6 Å². The van der Waals surface area contributed by atoms with E-state index in [1.807, 2.05) is 6.08 Å². The van der Waals surface area contributed by atoms with Gasteiger partial charge in [0.15, 0.2) is 0 Å². The van der Waals surface area contributed by atoms with Crippen LogP contribution in [0, 0.1) is 11.8 Å². The number of carbonyl (C=O) groups excluding carboxylic acids is 2. The number of aliphatic carboxylic acids is 1. The average molecular weight is 279 g/mol.